The number of aryl methyl sites for hydroxylation is 2. The summed E-state index contributed by atoms with van der Waals surface area (Å²) in [5.41, 5.74) is 3.70. The third kappa shape index (κ3) is 6.10. The number of carbonyl (C=O) groups excluding carboxylic acids is 1. The second-order valence-electron chi connectivity index (χ2n) is 5.53. The molecule has 0 fully saturated rings. The molecule has 2 aromatic carbocycles. The van der Waals surface area contributed by atoms with Crippen molar-refractivity contribution in [1.29, 1.82) is 0 Å². The Bertz CT molecular complexity index is 564. The lowest BCUT2D eigenvalue weighted by molar-refractivity contribution is -0.120. The molecule has 0 saturated carbocycles. The number of amides is 1. The van der Waals surface area contributed by atoms with Crippen LogP contribution in [0.5, 0.6) is 0 Å². The van der Waals surface area contributed by atoms with Gasteiger partial charge in [0.05, 0.1) is 6.54 Å². The van der Waals surface area contributed by atoms with Crippen molar-refractivity contribution in [1.82, 2.24) is 10.6 Å². The lowest BCUT2D eigenvalue weighted by atomic mass is 10.1. The number of nitrogens with one attached hydrogen (secondary N) is 2. The van der Waals surface area contributed by atoms with Gasteiger partial charge in [0.25, 0.3) is 0 Å². The first-order valence-electron chi connectivity index (χ1n) is 7.81. The molecule has 0 aliphatic carbocycles. The average molecular weight is 296 g/mol. The van der Waals surface area contributed by atoms with E-state index < -0.39 is 0 Å². The molecule has 3 nitrogen and oxygen atoms in total. The highest BCUT2D eigenvalue weighted by atomic mass is 16.1. The fourth-order valence-corrected chi connectivity index (χ4v) is 2.23. The summed E-state index contributed by atoms with van der Waals surface area (Å²) in [6.07, 6.45) is 2.08. The van der Waals surface area contributed by atoms with E-state index in [2.05, 4.69) is 54.0 Å². The summed E-state index contributed by atoms with van der Waals surface area (Å²) in [5.74, 6) is 0.0419. The normalized spacial score (nSPS) is 10.4. The molecule has 0 aromatic heterocycles. The van der Waals surface area contributed by atoms with Gasteiger partial charge < -0.3 is 10.6 Å². The van der Waals surface area contributed by atoms with Gasteiger partial charge in [-0.25, -0.2) is 0 Å². The largest absolute Gasteiger partial charge is 0.351 e. The number of rotatable bonds is 8. The number of hydrogen-bond acceptors (Lipinski definition) is 2. The van der Waals surface area contributed by atoms with Crippen LogP contribution in [-0.2, 0) is 17.8 Å². The summed E-state index contributed by atoms with van der Waals surface area (Å²) in [6.45, 7) is 3.88. The van der Waals surface area contributed by atoms with E-state index in [1.54, 1.807) is 0 Å². The highest BCUT2D eigenvalue weighted by Gasteiger charge is 2.00. The zero-order valence-corrected chi connectivity index (χ0v) is 13.1. The average Bonchev–Trinajstić information content (AvgIpc) is 2.55. The monoisotopic (exact) mass is 296 g/mol. The van der Waals surface area contributed by atoms with Crippen LogP contribution < -0.4 is 10.6 Å². The predicted molar refractivity (Wildman–Crippen MR) is 90.7 cm³/mol. The molecule has 0 aliphatic rings. The first-order chi connectivity index (χ1) is 10.7. The standard InChI is InChI=1S/C19H24N2O/c1-16-9-11-18(12-10-16)14-21-19(22)15-20-13-5-8-17-6-3-2-4-7-17/h2-4,6-7,9-12,20H,5,8,13-15H2,1H3,(H,21,22). The maximum absolute atomic E-state index is 11.7. The Morgan fingerprint density at radius 1 is 0.955 bits per heavy atom. The van der Waals surface area contributed by atoms with Crippen LogP contribution in [0.25, 0.3) is 0 Å². The van der Waals surface area contributed by atoms with E-state index in [-0.39, 0.29) is 5.91 Å². The second kappa shape index (κ2) is 9.00. The smallest absolute Gasteiger partial charge is 0.234 e. The van der Waals surface area contributed by atoms with Crippen LogP contribution in [0.4, 0.5) is 0 Å². The van der Waals surface area contributed by atoms with Gasteiger partial charge in [0.15, 0.2) is 0 Å². The third-order valence-electron chi connectivity index (χ3n) is 3.56. The lowest BCUT2D eigenvalue weighted by Gasteiger charge is -2.07. The van der Waals surface area contributed by atoms with Crippen molar-refractivity contribution in [3.63, 3.8) is 0 Å². The molecule has 0 atom stereocenters. The molecule has 2 N–H and O–H groups in total. The molecular weight excluding hydrogens is 272 g/mol. The van der Waals surface area contributed by atoms with E-state index in [4.69, 9.17) is 0 Å². The topological polar surface area (TPSA) is 41.1 Å². The second-order valence-corrected chi connectivity index (χ2v) is 5.53. The summed E-state index contributed by atoms with van der Waals surface area (Å²) >= 11 is 0. The van der Waals surface area contributed by atoms with E-state index in [0.29, 0.717) is 13.1 Å². The predicted octanol–water partition coefficient (Wildman–Crippen LogP) is 2.83. The molecule has 0 saturated heterocycles. The molecule has 3 heteroatoms. The van der Waals surface area contributed by atoms with E-state index in [1.165, 1.54) is 11.1 Å². The van der Waals surface area contributed by atoms with Gasteiger partial charge in [0.2, 0.25) is 5.91 Å². The molecule has 0 heterocycles. The van der Waals surface area contributed by atoms with Gasteiger partial charge in [-0.2, -0.15) is 0 Å². The Balaban J connectivity index is 1.55. The van der Waals surface area contributed by atoms with Crippen molar-refractivity contribution in [2.24, 2.45) is 0 Å². The van der Waals surface area contributed by atoms with Gasteiger partial charge in [0, 0.05) is 6.54 Å². The van der Waals surface area contributed by atoms with E-state index in [9.17, 15) is 4.79 Å². The van der Waals surface area contributed by atoms with Crippen molar-refractivity contribution in [2.45, 2.75) is 26.3 Å². The van der Waals surface area contributed by atoms with Crippen LogP contribution in [-0.4, -0.2) is 19.0 Å². The minimum Gasteiger partial charge on any atom is -0.351 e. The van der Waals surface area contributed by atoms with Gasteiger partial charge in [0.1, 0.15) is 0 Å². The first kappa shape index (κ1) is 16.2. The molecule has 2 aromatic rings. The van der Waals surface area contributed by atoms with Crippen molar-refractivity contribution in [3.8, 4) is 0 Å². The zero-order valence-electron chi connectivity index (χ0n) is 13.1. The SMILES string of the molecule is Cc1ccc(CNC(=O)CNCCCc2ccccc2)cc1. The summed E-state index contributed by atoms with van der Waals surface area (Å²) in [5, 5.41) is 6.11. The maximum atomic E-state index is 11.7. The quantitative estimate of drug-likeness (QED) is 0.736. The molecule has 0 spiro atoms. The van der Waals surface area contributed by atoms with Crippen LogP contribution in [0.1, 0.15) is 23.1 Å². The Labute approximate surface area is 132 Å². The van der Waals surface area contributed by atoms with Crippen molar-refractivity contribution in [3.05, 3.63) is 71.3 Å². The Hall–Kier alpha value is -2.13. The minimum absolute atomic E-state index is 0.0419. The molecule has 0 radical (unpaired) electrons. The Morgan fingerprint density at radius 2 is 1.68 bits per heavy atom. The van der Waals surface area contributed by atoms with Crippen molar-refractivity contribution < 1.29 is 4.79 Å². The fourth-order valence-electron chi connectivity index (χ4n) is 2.23. The van der Waals surface area contributed by atoms with Gasteiger partial charge in [-0.1, -0.05) is 60.2 Å². The van der Waals surface area contributed by atoms with Gasteiger partial charge in [-0.3, -0.25) is 4.79 Å². The summed E-state index contributed by atoms with van der Waals surface area (Å²) in [7, 11) is 0. The summed E-state index contributed by atoms with van der Waals surface area (Å²) < 4.78 is 0. The third-order valence-corrected chi connectivity index (χ3v) is 3.56. The van der Waals surface area contributed by atoms with Crippen LogP contribution in [0.15, 0.2) is 54.6 Å². The molecule has 2 rings (SSSR count). The van der Waals surface area contributed by atoms with E-state index in [0.717, 1.165) is 24.9 Å². The molecule has 22 heavy (non-hydrogen) atoms. The Morgan fingerprint density at radius 3 is 2.41 bits per heavy atom. The molecular formula is C19H24N2O. The minimum atomic E-state index is 0.0419. The van der Waals surface area contributed by atoms with Crippen LogP contribution in [0.2, 0.25) is 0 Å². The fraction of sp³-hybridized carbons (Fsp3) is 0.316. The van der Waals surface area contributed by atoms with Crippen LogP contribution in [0, 0.1) is 6.92 Å². The van der Waals surface area contributed by atoms with E-state index >= 15 is 0 Å². The van der Waals surface area contributed by atoms with E-state index in [1.807, 2.05) is 18.2 Å². The zero-order chi connectivity index (χ0) is 15.6. The lowest BCUT2D eigenvalue weighted by Crippen LogP contribution is -2.34. The molecule has 0 unspecified atom stereocenters. The van der Waals surface area contributed by atoms with Gasteiger partial charge >= 0.3 is 0 Å². The molecule has 1 amide bonds. The van der Waals surface area contributed by atoms with Gasteiger partial charge in [-0.05, 0) is 37.4 Å². The van der Waals surface area contributed by atoms with Crippen LogP contribution in [0.3, 0.4) is 0 Å². The van der Waals surface area contributed by atoms with Gasteiger partial charge in [-0.15, -0.1) is 0 Å². The number of carbonyl (C=O) groups is 1. The first-order valence-corrected chi connectivity index (χ1v) is 7.81. The van der Waals surface area contributed by atoms with Crippen LogP contribution >= 0.6 is 0 Å². The maximum Gasteiger partial charge on any atom is 0.234 e. The van der Waals surface area contributed by atoms with Crippen molar-refractivity contribution >= 4 is 5.91 Å². The Kier molecular flexibility index (Phi) is 6.65. The molecule has 0 aliphatic heterocycles. The molecule has 116 valence electrons. The number of benzene rings is 2. The summed E-state index contributed by atoms with van der Waals surface area (Å²) in [6, 6.07) is 18.6. The molecule has 0 bridgehead atoms. The highest BCUT2D eigenvalue weighted by molar-refractivity contribution is 5.77. The van der Waals surface area contributed by atoms with Crippen molar-refractivity contribution in [2.75, 3.05) is 13.1 Å². The highest BCUT2D eigenvalue weighted by Crippen LogP contribution is 2.02. The number of hydrogen-bond donors (Lipinski definition) is 2. The summed E-state index contributed by atoms with van der Waals surface area (Å²) in [4.78, 5) is 11.7.